The van der Waals surface area contributed by atoms with Crippen molar-refractivity contribution in [3.63, 3.8) is 0 Å². The molecule has 0 bridgehead atoms. The van der Waals surface area contributed by atoms with E-state index >= 15 is 0 Å². The summed E-state index contributed by atoms with van der Waals surface area (Å²) in [6.07, 6.45) is 8.18. The number of carbonyl (C=O) groups is 1. The van der Waals surface area contributed by atoms with Gasteiger partial charge in [0.1, 0.15) is 0 Å². The van der Waals surface area contributed by atoms with Crippen molar-refractivity contribution < 1.29 is 13.2 Å². The highest BCUT2D eigenvalue weighted by Gasteiger charge is 2.39. The van der Waals surface area contributed by atoms with Crippen LogP contribution in [-0.4, -0.2) is 72.3 Å². The lowest BCUT2D eigenvalue weighted by atomic mass is 9.92. The van der Waals surface area contributed by atoms with Gasteiger partial charge >= 0.3 is 0 Å². The van der Waals surface area contributed by atoms with Gasteiger partial charge in [-0.2, -0.15) is 0 Å². The van der Waals surface area contributed by atoms with Gasteiger partial charge in [-0.25, -0.2) is 13.4 Å². The molecule has 3 fully saturated rings. The van der Waals surface area contributed by atoms with Crippen LogP contribution < -0.4 is 0 Å². The van der Waals surface area contributed by atoms with E-state index in [1.165, 1.54) is 16.1 Å². The Labute approximate surface area is 194 Å². The van der Waals surface area contributed by atoms with E-state index in [0.29, 0.717) is 18.9 Å². The summed E-state index contributed by atoms with van der Waals surface area (Å²) in [6.45, 7) is 2.21. The van der Waals surface area contributed by atoms with Gasteiger partial charge in [-0.3, -0.25) is 9.69 Å². The van der Waals surface area contributed by atoms with Gasteiger partial charge in [0, 0.05) is 18.0 Å². The zero-order chi connectivity index (χ0) is 22.1. The summed E-state index contributed by atoms with van der Waals surface area (Å²) >= 11 is 1.80. The molecule has 1 amide bonds. The van der Waals surface area contributed by atoms with Crippen molar-refractivity contribution in [1.82, 2.24) is 14.8 Å². The first kappa shape index (κ1) is 22.3. The van der Waals surface area contributed by atoms with E-state index in [1.54, 1.807) is 11.3 Å². The Balaban J connectivity index is 1.22. The minimum atomic E-state index is -3.01. The lowest BCUT2D eigenvalue weighted by Gasteiger charge is -2.40. The Kier molecular flexibility index (Phi) is 6.54. The summed E-state index contributed by atoms with van der Waals surface area (Å²) in [5.41, 5.74) is 1.08. The molecule has 1 aliphatic carbocycles. The van der Waals surface area contributed by atoms with Crippen LogP contribution in [0.15, 0.2) is 24.3 Å². The molecule has 8 heteroatoms. The number of carbonyl (C=O) groups excluding carboxylic acids is 1. The van der Waals surface area contributed by atoms with Crippen LogP contribution in [0.4, 0.5) is 0 Å². The molecule has 2 aliphatic heterocycles. The fourth-order valence-corrected chi connectivity index (χ4v) is 8.58. The molecule has 2 aromatic rings. The van der Waals surface area contributed by atoms with Crippen molar-refractivity contribution in [1.29, 1.82) is 0 Å². The number of aromatic nitrogens is 1. The van der Waals surface area contributed by atoms with Crippen LogP contribution in [0.3, 0.4) is 0 Å². The van der Waals surface area contributed by atoms with E-state index in [4.69, 9.17) is 4.98 Å². The summed E-state index contributed by atoms with van der Waals surface area (Å²) in [5, 5.41) is 1.22. The smallest absolute Gasteiger partial charge is 0.237 e. The molecule has 0 N–H and O–H groups in total. The van der Waals surface area contributed by atoms with Crippen LogP contribution in [-0.2, 0) is 14.6 Å². The SMILES string of the molecule is O=C(CN1CCC(c2nc3ccccc3s2)CC1)N(C1CCCCC1)C1CCS(=O)(=O)C1. The first-order valence-corrected chi connectivity index (χ1v) is 14.7. The quantitative estimate of drug-likeness (QED) is 0.657. The van der Waals surface area contributed by atoms with Gasteiger partial charge in [0.05, 0.1) is 33.3 Å². The standard InChI is InChI=1S/C24H33N3O3S2/c28-23(27(19-6-2-1-3-7-19)20-12-15-32(29,30)17-20)16-26-13-10-18(11-14-26)24-25-21-8-4-5-9-22(21)31-24/h4-5,8-9,18-20H,1-3,6-7,10-17H2. The number of rotatable bonds is 5. The maximum atomic E-state index is 13.5. The average molecular weight is 476 g/mol. The van der Waals surface area contributed by atoms with Crippen LogP contribution in [0.25, 0.3) is 10.2 Å². The average Bonchev–Trinajstić information content (AvgIpc) is 3.38. The highest BCUT2D eigenvalue weighted by Crippen LogP contribution is 2.34. The van der Waals surface area contributed by atoms with E-state index < -0.39 is 9.84 Å². The molecule has 1 atom stereocenters. The minimum Gasteiger partial charge on any atom is -0.335 e. The molecule has 32 heavy (non-hydrogen) atoms. The Bertz CT molecular complexity index is 1020. The van der Waals surface area contributed by atoms with Crippen molar-refractivity contribution in [2.45, 2.75) is 69.4 Å². The van der Waals surface area contributed by atoms with Crippen LogP contribution in [0, 0.1) is 0 Å². The van der Waals surface area contributed by atoms with Crippen LogP contribution >= 0.6 is 11.3 Å². The van der Waals surface area contributed by atoms with Crippen molar-refractivity contribution in [3.8, 4) is 0 Å². The largest absolute Gasteiger partial charge is 0.335 e. The van der Waals surface area contributed by atoms with Gasteiger partial charge in [0.2, 0.25) is 5.91 Å². The maximum Gasteiger partial charge on any atom is 0.237 e. The molecular weight excluding hydrogens is 442 g/mol. The predicted molar refractivity (Wildman–Crippen MR) is 129 cm³/mol. The topological polar surface area (TPSA) is 70.6 Å². The highest BCUT2D eigenvalue weighted by atomic mass is 32.2. The van der Waals surface area contributed by atoms with Crippen LogP contribution in [0.5, 0.6) is 0 Å². The first-order chi connectivity index (χ1) is 15.5. The third-order valence-electron chi connectivity index (χ3n) is 7.46. The van der Waals surface area contributed by atoms with E-state index in [1.807, 2.05) is 11.0 Å². The molecule has 1 aromatic heterocycles. The second-order valence-corrected chi connectivity index (χ2v) is 13.0. The number of para-hydroxylation sites is 1. The van der Waals surface area contributed by atoms with Gasteiger partial charge in [0.15, 0.2) is 9.84 Å². The van der Waals surface area contributed by atoms with E-state index in [0.717, 1.165) is 57.1 Å². The number of amides is 1. The van der Waals surface area contributed by atoms with Gasteiger partial charge in [0.25, 0.3) is 0 Å². The van der Waals surface area contributed by atoms with Crippen molar-refractivity contribution in [2.24, 2.45) is 0 Å². The molecule has 3 aliphatic rings. The number of benzene rings is 1. The molecule has 3 heterocycles. The number of sulfone groups is 1. The van der Waals surface area contributed by atoms with E-state index in [9.17, 15) is 13.2 Å². The number of thiazole rings is 1. The maximum absolute atomic E-state index is 13.5. The van der Waals surface area contributed by atoms with Crippen molar-refractivity contribution in [2.75, 3.05) is 31.1 Å². The van der Waals surface area contributed by atoms with Crippen molar-refractivity contribution in [3.05, 3.63) is 29.3 Å². The van der Waals surface area contributed by atoms with Gasteiger partial charge in [-0.15, -0.1) is 11.3 Å². The van der Waals surface area contributed by atoms with Gasteiger partial charge in [-0.1, -0.05) is 31.4 Å². The fraction of sp³-hybridized carbons (Fsp3) is 0.667. The molecule has 1 unspecified atom stereocenters. The second kappa shape index (κ2) is 9.39. The molecule has 5 rings (SSSR count). The number of hydrogen-bond donors (Lipinski definition) is 0. The summed E-state index contributed by atoms with van der Waals surface area (Å²) in [7, 11) is -3.01. The highest BCUT2D eigenvalue weighted by molar-refractivity contribution is 7.91. The molecular formula is C24H33N3O3S2. The molecule has 2 saturated heterocycles. The monoisotopic (exact) mass is 475 g/mol. The van der Waals surface area contributed by atoms with Crippen molar-refractivity contribution >= 4 is 37.3 Å². The molecule has 174 valence electrons. The predicted octanol–water partition coefficient (Wildman–Crippen LogP) is 3.82. The molecule has 1 aromatic carbocycles. The number of fused-ring (bicyclic) bond motifs is 1. The number of nitrogens with zero attached hydrogens (tertiary/aromatic N) is 3. The molecule has 0 spiro atoms. The van der Waals surface area contributed by atoms with Crippen LogP contribution in [0.1, 0.15) is 62.3 Å². The number of hydrogen-bond acceptors (Lipinski definition) is 6. The summed E-state index contributed by atoms with van der Waals surface area (Å²) in [6, 6.07) is 8.39. The Morgan fingerprint density at radius 1 is 1.03 bits per heavy atom. The minimum absolute atomic E-state index is 0.129. The van der Waals surface area contributed by atoms with Gasteiger partial charge in [-0.05, 0) is 57.3 Å². The lowest BCUT2D eigenvalue weighted by Crippen LogP contribution is -2.52. The molecule has 1 saturated carbocycles. The van der Waals surface area contributed by atoms with E-state index in [-0.39, 0.29) is 29.5 Å². The first-order valence-electron chi connectivity index (χ1n) is 12.1. The fourth-order valence-electron chi connectivity index (χ4n) is 5.74. The zero-order valence-corrected chi connectivity index (χ0v) is 20.2. The third kappa shape index (κ3) is 4.87. The number of likely N-dealkylation sites (tertiary alicyclic amines) is 1. The summed E-state index contributed by atoms with van der Waals surface area (Å²) in [4.78, 5) is 22.6. The third-order valence-corrected chi connectivity index (χ3v) is 10.4. The summed E-state index contributed by atoms with van der Waals surface area (Å²) in [5.74, 6) is 0.974. The second-order valence-electron chi connectivity index (χ2n) is 9.72. The Morgan fingerprint density at radius 2 is 1.78 bits per heavy atom. The van der Waals surface area contributed by atoms with Crippen LogP contribution in [0.2, 0.25) is 0 Å². The molecule has 0 radical (unpaired) electrons. The zero-order valence-electron chi connectivity index (χ0n) is 18.6. The van der Waals surface area contributed by atoms with E-state index in [2.05, 4.69) is 23.1 Å². The number of piperidine rings is 1. The Morgan fingerprint density at radius 3 is 2.47 bits per heavy atom. The normalized spacial score (nSPS) is 25.3. The Hall–Kier alpha value is -1.51. The van der Waals surface area contributed by atoms with Gasteiger partial charge < -0.3 is 4.90 Å². The lowest BCUT2D eigenvalue weighted by molar-refractivity contribution is -0.138. The molecule has 6 nitrogen and oxygen atoms in total. The summed E-state index contributed by atoms with van der Waals surface area (Å²) < 4.78 is 25.5.